The van der Waals surface area contributed by atoms with Gasteiger partial charge < -0.3 is 50.5 Å². The second-order valence-electron chi connectivity index (χ2n) is 12.6. The van der Waals surface area contributed by atoms with E-state index in [1.165, 1.54) is 0 Å². The van der Waals surface area contributed by atoms with Gasteiger partial charge in [0.2, 0.25) is 0 Å². The van der Waals surface area contributed by atoms with E-state index in [1.807, 2.05) is 20.8 Å². The molecular formula is C34H46N4O8Zn. The summed E-state index contributed by atoms with van der Waals surface area (Å²) in [4.78, 5) is 33.5. The number of carboxylic acids is 2. The standard InChI is InChI=1S/C34H46N4O8.Zn/c1-17-21(5-7-31(41)42)27-16-28-22(6-8-32(43)44)18(2)24(36-28)14-29-34(46-12-10-40)20(4)26(38-29)15-30-33(45-11-9-39)19(3)25(37-30)13-23(17)35-27;/h23,26-27,29,35,38-40H,5-16H2,1-4H3,(H,41,42)(H,43,44);/q-2;+2. The Morgan fingerprint density at radius 3 is 1.91 bits per heavy atom. The monoisotopic (exact) mass is 702 g/mol. The number of carboxylic acid groups (broad SMARTS) is 2. The van der Waals surface area contributed by atoms with E-state index in [0.717, 1.165) is 61.9 Å². The minimum Gasteiger partial charge on any atom is -0.664 e. The van der Waals surface area contributed by atoms with Crippen LogP contribution in [-0.4, -0.2) is 83.0 Å². The van der Waals surface area contributed by atoms with Crippen molar-refractivity contribution in [2.24, 2.45) is 0 Å². The van der Waals surface area contributed by atoms with Crippen molar-refractivity contribution in [1.82, 2.24) is 20.6 Å². The molecule has 12 nitrogen and oxygen atoms in total. The van der Waals surface area contributed by atoms with E-state index in [2.05, 4.69) is 17.6 Å². The van der Waals surface area contributed by atoms with Crippen molar-refractivity contribution in [2.45, 2.75) is 103 Å². The van der Waals surface area contributed by atoms with Gasteiger partial charge in [0.15, 0.2) is 0 Å². The first-order valence-corrected chi connectivity index (χ1v) is 16.1. The molecule has 3 aliphatic heterocycles. The largest absolute Gasteiger partial charge is 2.00 e. The van der Waals surface area contributed by atoms with Gasteiger partial charge in [0, 0.05) is 31.0 Å². The van der Waals surface area contributed by atoms with Gasteiger partial charge in [-0.3, -0.25) is 9.59 Å². The minimum absolute atomic E-state index is 0. The Hall–Kier alpha value is -2.96. The number of aliphatic hydroxyl groups is 2. The van der Waals surface area contributed by atoms with E-state index in [4.69, 9.17) is 19.4 Å². The van der Waals surface area contributed by atoms with Gasteiger partial charge in [0.1, 0.15) is 24.7 Å². The predicted molar refractivity (Wildman–Crippen MR) is 169 cm³/mol. The predicted octanol–water partition coefficient (Wildman–Crippen LogP) is 1.63. The van der Waals surface area contributed by atoms with Crippen LogP contribution in [0.4, 0.5) is 0 Å². The van der Waals surface area contributed by atoms with Crippen molar-refractivity contribution in [3.8, 4) is 5.75 Å². The van der Waals surface area contributed by atoms with Crippen LogP contribution in [0, 0.1) is 13.8 Å². The number of nitrogens with one attached hydrogen (secondary N) is 2. The fourth-order valence-corrected chi connectivity index (χ4v) is 7.33. The Morgan fingerprint density at radius 2 is 1.23 bits per heavy atom. The number of aromatic nitrogens is 2. The van der Waals surface area contributed by atoms with Gasteiger partial charge in [0.25, 0.3) is 0 Å². The first kappa shape index (κ1) is 36.9. The number of ether oxygens (including phenoxy) is 2. The Bertz CT molecular complexity index is 1530. The van der Waals surface area contributed by atoms with Gasteiger partial charge in [-0.1, -0.05) is 22.3 Å². The van der Waals surface area contributed by atoms with E-state index < -0.39 is 11.9 Å². The minimum atomic E-state index is -0.874. The fraction of sp³-hybridized carbons (Fsp3) is 0.588. The van der Waals surface area contributed by atoms with E-state index in [1.54, 1.807) is 0 Å². The number of fused-ring (bicyclic) bond motifs is 8. The summed E-state index contributed by atoms with van der Waals surface area (Å²) in [6, 6.07) is -0.592. The van der Waals surface area contributed by atoms with Crippen LogP contribution in [0.2, 0.25) is 0 Å². The molecule has 0 spiro atoms. The second-order valence-corrected chi connectivity index (χ2v) is 12.6. The molecule has 8 bridgehead atoms. The molecule has 5 heterocycles. The van der Waals surface area contributed by atoms with Crippen LogP contribution < -0.4 is 25.3 Å². The van der Waals surface area contributed by atoms with Gasteiger partial charge in [-0.25, -0.2) is 0 Å². The van der Waals surface area contributed by atoms with Crippen molar-refractivity contribution in [2.75, 3.05) is 26.4 Å². The molecule has 3 aliphatic rings. The van der Waals surface area contributed by atoms with Crippen molar-refractivity contribution in [1.29, 1.82) is 0 Å². The molecule has 13 heteroatoms. The summed E-state index contributed by atoms with van der Waals surface area (Å²) in [5, 5.41) is 45.6. The molecule has 0 aromatic carbocycles. The molecular weight excluding hydrogens is 658 g/mol. The van der Waals surface area contributed by atoms with Crippen LogP contribution in [0.15, 0.2) is 22.5 Å². The molecule has 0 fully saturated rings. The summed E-state index contributed by atoms with van der Waals surface area (Å²) in [6.45, 7) is 8.12. The molecule has 0 saturated heterocycles. The summed E-state index contributed by atoms with van der Waals surface area (Å²) in [5.74, 6) is -0.300. The third-order valence-electron chi connectivity index (χ3n) is 9.77. The topological polar surface area (TPSA) is 186 Å². The number of nitrogens with zero attached hydrogens (tertiary/aromatic N) is 2. The molecule has 0 amide bonds. The molecule has 5 rings (SSSR count). The van der Waals surface area contributed by atoms with Crippen molar-refractivity contribution in [3.63, 3.8) is 0 Å². The maximum absolute atomic E-state index is 11.6. The summed E-state index contributed by atoms with van der Waals surface area (Å²) in [6.07, 6.45) is 2.86. The van der Waals surface area contributed by atoms with Gasteiger partial charge >= 0.3 is 31.4 Å². The van der Waals surface area contributed by atoms with Gasteiger partial charge in [-0.15, -0.1) is 5.69 Å². The molecule has 0 saturated carbocycles. The van der Waals surface area contributed by atoms with Crippen LogP contribution in [-0.2, 0) is 65.9 Å². The quantitative estimate of drug-likeness (QED) is 0.139. The Balaban J connectivity index is 0.00000500. The van der Waals surface area contributed by atoms with Crippen LogP contribution in [0.1, 0.15) is 72.6 Å². The Morgan fingerprint density at radius 1 is 0.702 bits per heavy atom. The normalized spacial score (nSPS) is 22.4. The van der Waals surface area contributed by atoms with E-state index in [-0.39, 0.29) is 82.9 Å². The smallest absolute Gasteiger partial charge is 0.664 e. The first-order chi connectivity index (χ1) is 22.0. The summed E-state index contributed by atoms with van der Waals surface area (Å²) in [7, 11) is 0. The zero-order valence-electron chi connectivity index (χ0n) is 27.8. The number of aliphatic carboxylic acids is 2. The number of hydrogen-bond donors (Lipinski definition) is 6. The number of rotatable bonds is 12. The molecule has 0 radical (unpaired) electrons. The molecule has 4 atom stereocenters. The second kappa shape index (κ2) is 16.0. The summed E-state index contributed by atoms with van der Waals surface area (Å²) in [5.41, 5.74) is 9.31. The van der Waals surface area contributed by atoms with Crippen LogP contribution in [0.25, 0.3) is 0 Å². The van der Waals surface area contributed by atoms with E-state index in [0.29, 0.717) is 44.3 Å². The molecule has 252 valence electrons. The van der Waals surface area contributed by atoms with Crippen LogP contribution in [0.5, 0.6) is 5.75 Å². The van der Waals surface area contributed by atoms with Crippen LogP contribution in [0.3, 0.4) is 0 Å². The van der Waals surface area contributed by atoms with Crippen molar-refractivity contribution < 1.29 is 59.0 Å². The molecule has 6 N–H and O–H groups in total. The first-order valence-electron chi connectivity index (χ1n) is 16.1. The maximum atomic E-state index is 11.6. The molecule has 2 aromatic heterocycles. The average molecular weight is 704 g/mol. The number of hydrogen-bond acceptors (Lipinski definition) is 8. The maximum Gasteiger partial charge on any atom is 2.00 e. The molecule has 47 heavy (non-hydrogen) atoms. The zero-order chi connectivity index (χ0) is 33.1. The van der Waals surface area contributed by atoms with Gasteiger partial charge in [0.05, 0.1) is 19.3 Å². The molecule has 4 unspecified atom stereocenters. The van der Waals surface area contributed by atoms with E-state index in [9.17, 15) is 30.0 Å². The third kappa shape index (κ3) is 8.03. The van der Waals surface area contributed by atoms with E-state index >= 15 is 0 Å². The van der Waals surface area contributed by atoms with Gasteiger partial charge in [-0.05, 0) is 77.4 Å². The summed E-state index contributed by atoms with van der Waals surface area (Å²) < 4.78 is 12.2. The molecule has 2 aromatic rings. The fourth-order valence-electron chi connectivity index (χ4n) is 7.33. The SMILES string of the molecule is CC1=C(CCC(=O)O)C2Cc3[n-]c(c(C)c3CCC(=O)O)CC3NC(Cc4[n-]c(c(C)c4OCCO)CC1N2)C(C)=C3OCCO.[Zn+2]. The van der Waals surface area contributed by atoms with Crippen LogP contribution >= 0.6 is 0 Å². The Kier molecular flexibility index (Phi) is 12.5. The van der Waals surface area contributed by atoms with Gasteiger partial charge in [-0.2, -0.15) is 17.1 Å². The Labute approximate surface area is 288 Å². The number of aliphatic hydroxyl groups excluding tert-OH is 2. The average Bonchev–Trinajstić information content (AvgIpc) is 3.66. The molecule has 0 aliphatic carbocycles. The summed E-state index contributed by atoms with van der Waals surface area (Å²) >= 11 is 0. The number of carbonyl (C=O) groups is 2. The van der Waals surface area contributed by atoms with Crippen molar-refractivity contribution >= 4 is 11.9 Å². The third-order valence-corrected chi connectivity index (χ3v) is 9.77. The van der Waals surface area contributed by atoms with Crippen molar-refractivity contribution in [3.05, 3.63) is 61.9 Å². The zero-order valence-corrected chi connectivity index (χ0v) is 30.8.